The van der Waals surface area contributed by atoms with Gasteiger partial charge in [0.05, 0.1) is 39.9 Å². The van der Waals surface area contributed by atoms with Gasteiger partial charge in [0.15, 0.2) is 0 Å². The van der Waals surface area contributed by atoms with Crippen molar-refractivity contribution in [2.45, 2.75) is 13.1 Å². The highest BCUT2D eigenvalue weighted by Gasteiger charge is 2.30. The summed E-state index contributed by atoms with van der Waals surface area (Å²) in [5.41, 5.74) is 1.32. The molecule has 0 aliphatic rings. The number of fused-ring (bicyclic) bond motifs is 1. The Morgan fingerprint density at radius 1 is 1.07 bits per heavy atom. The molecule has 0 fully saturated rings. The molecule has 2 heterocycles. The minimum Gasteiger partial charge on any atom is -0.320 e. The summed E-state index contributed by atoms with van der Waals surface area (Å²) in [6.07, 6.45) is -1.49. The first-order valence-corrected chi connectivity index (χ1v) is 8.72. The average molecular weight is 396 g/mol. The quantitative estimate of drug-likeness (QED) is 0.530. The van der Waals surface area contributed by atoms with Gasteiger partial charge in [-0.1, -0.05) is 24.3 Å². The minimum atomic E-state index is -4.46. The van der Waals surface area contributed by atoms with Gasteiger partial charge < -0.3 is 5.32 Å². The van der Waals surface area contributed by atoms with Crippen molar-refractivity contribution in [1.82, 2.24) is 14.8 Å². The van der Waals surface area contributed by atoms with Crippen molar-refractivity contribution in [2.75, 3.05) is 5.32 Å². The maximum absolute atomic E-state index is 13.0. The third kappa shape index (κ3) is 3.56. The van der Waals surface area contributed by atoms with E-state index in [1.54, 1.807) is 31.3 Å². The highest BCUT2D eigenvalue weighted by molar-refractivity contribution is 6.08. The van der Waals surface area contributed by atoms with Crippen molar-refractivity contribution in [3.63, 3.8) is 0 Å². The Morgan fingerprint density at radius 3 is 2.62 bits per heavy atom. The molecule has 0 aliphatic carbocycles. The fourth-order valence-corrected chi connectivity index (χ4v) is 3.10. The molecule has 8 heteroatoms. The second-order valence-electron chi connectivity index (χ2n) is 6.44. The molecule has 2 aromatic heterocycles. The summed E-state index contributed by atoms with van der Waals surface area (Å²) in [7, 11) is 0. The summed E-state index contributed by atoms with van der Waals surface area (Å²) in [5.74, 6) is -0.418. The van der Waals surface area contributed by atoms with Crippen LogP contribution in [-0.4, -0.2) is 20.7 Å². The Labute approximate surface area is 163 Å². The molecule has 4 rings (SSSR count). The lowest BCUT2D eigenvalue weighted by atomic mass is 10.1. The van der Waals surface area contributed by atoms with Crippen molar-refractivity contribution >= 4 is 22.5 Å². The third-order valence-electron chi connectivity index (χ3n) is 4.55. The van der Waals surface area contributed by atoms with Crippen molar-refractivity contribution in [3.8, 4) is 5.69 Å². The second-order valence-corrected chi connectivity index (χ2v) is 6.44. The van der Waals surface area contributed by atoms with Gasteiger partial charge in [-0.2, -0.15) is 18.3 Å². The summed E-state index contributed by atoms with van der Waals surface area (Å²) in [6, 6.07) is 13.9. The molecule has 2 aromatic carbocycles. The lowest BCUT2D eigenvalue weighted by molar-refractivity contribution is -0.137. The monoisotopic (exact) mass is 396 g/mol. The van der Waals surface area contributed by atoms with Crippen molar-refractivity contribution in [3.05, 3.63) is 83.8 Å². The van der Waals surface area contributed by atoms with E-state index < -0.39 is 17.6 Å². The molecule has 0 spiro atoms. The van der Waals surface area contributed by atoms with E-state index in [9.17, 15) is 18.0 Å². The standard InChI is InChI=1S/C21H15F3N4O/c1-13-17(12-26-28(13)16-8-3-7-15(11-16)21(22,23)24)20(29)27-18-9-2-5-14-6-4-10-25-19(14)18/h2-12H,1H3,(H,27,29). The van der Waals surface area contributed by atoms with Crippen LogP contribution >= 0.6 is 0 Å². The second kappa shape index (κ2) is 7.05. The van der Waals surface area contributed by atoms with Gasteiger partial charge >= 0.3 is 6.18 Å². The number of aromatic nitrogens is 3. The maximum Gasteiger partial charge on any atom is 0.416 e. The topological polar surface area (TPSA) is 59.8 Å². The molecule has 0 unspecified atom stereocenters. The maximum atomic E-state index is 13.0. The Hall–Kier alpha value is -3.68. The van der Waals surface area contributed by atoms with E-state index >= 15 is 0 Å². The summed E-state index contributed by atoms with van der Waals surface area (Å²) in [6.45, 7) is 1.63. The van der Waals surface area contributed by atoms with Crippen LogP contribution < -0.4 is 5.32 Å². The molecule has 0 aliphatic heterocycles. The number of carbonyl (C=O) groups excluding carboxylic acids is 1. The predicted molar refractivity (Wildman–Crippen MR) is 103 cm³/mol. The molecule has 0 bridgehead atoms. The number of benzene rings is 2. The van der Waals surface area contributed by atoms with Crippen LogP contribution in [0.15, 0.2) is 67.0 Å². The number of halogens is 3. The molecule has 0 atom stereocenters. The first-order chi connectivity index (χ1) is 13.8. The van der Waals surface area contributed by atoms with Crippen LogP contribution in [0.1, 0.15) is 21.6 Å². The first-order valence-electron chi connectivity index (χ1n) is 8.72. The first kappa shape index (κ1) is 18.7. The molecule has 29 heavy (non-hydrogen) atoms. The van der Waals surface area contributed by atoms with E-state index in [2.05, 4.69) is 15.4 Å². The van der Waals surface area contributed by atoms with Crippen molar-refractivity contribution < 1.29 is 18.0 Å². The number of nitrogens with one attached hydrogen (secondary N) is 1. The van der Waals surface area contributed by atoms with E-state index in [1.807, 2.05) is 12.1 Å². The average Bonchev–Trinajstić information content (AvgIpc) is 3.09. The molecular weight excluding hydrogens is 381 g/mol. The molecule has 146 valence electrons. The van der Waals surface area contributed by atoms with Gasteiger partial charge in [0.25, 0.3) is 5.91 Å². The van der Waals surface area contributed by atoms with Crippen LogP contribution in [0.5, 0.6) is 0 Å². The highest BCUT2D eigenvalue weighted by atomic mass is 19.4. The SMILES string of the molecule is Cc1c(C(=O)Nc2cccc3cccnc23)cnn1-c1cccc(C(F)(F)F)c1. The number of hydrogen-bond donors (Lipinski definition) is 1. The van der Waals surface area contributed by atoms with E-state index in [1.165, 1.54) is 23.0 Å². The predicted octanol–water partition coefficient (Wildman–Crippen LogP) is 5.00. The van der Waals surface area contributed by atoms with E-state index in [0.29, 0.717) is 16.9 Å². The summed E-state index contributed by atoms with van der Waals surface area (Å²) < 4.78 is 40.3. The van der Waals surface area contributed by atoms with Crippen LogP contribution in [0.4, 0.5) is 18.9 Å². The van der Waals surface area contributed by atoms with Gasteiger partial charge in [-0.05, 0) is 37.3 Å². The largest absolute Gasteiger partial charge is 0.416 e. The smallest absolute Gasteiger partial charge is 0.320 e. The number of para-hydroxylation sites is 1. The zero-order chi connectivity index (χ0) is 20.6. The molecule has 0 saturated carbocycles. The summed E-state index contributed by atoms with van der Waals surface area (Å²) >= 11 is 0. The molecule has 0 radical (unpaired) electrons. The molecular formula is C21H15F3N4O. The van der Waals surface area contributed by atoms with E-state index in [4.69, 9.17) is 0 Å². The van der Waals surface area contributed by atoms with Gasteiger partial charge in [-0.15, -0.1) is 0 Å². The van der Waals surface area contributed by atoms with Crippen molar-refractivity contribution in [2.24, 2.45) is 0 Å². The zero-order valence-electron chi connectivity index (χ0n) is 15.2. The summed E-state index contributed by atoms with van der Waals surface area (Å²) in [5, 5.41) is 7.79. The van der Waals surface area contributed by atoms with Crippen LogP contribution in [0.25, 0.3) is 16.6 Å². The van der Waals surface area contributed by atoms with Gasteiger partial charge in [-0.25, -0.2) is 4.68 Å². The molecule has 1 amide bonds. The Morgan fingerprint density at radius 2 is 1.83 bits per heavy atom. The molecule has 5 nitrogen and oxygen atoms in total. The number of alkyl halides is 3. The van der Waals surface area contributed by atoms with Crippen LogP contribution in [0.2, 0.25) is 0 Å². The zero-order valence-corrected chi connectivity index (χ0v) is 15.2. The Kier molecular flexibility index (Phi) is 4.54. The van der Waals surface area contributed by atoms with Crippen molar-refractivity contribution in [1.29, 1.82) is 0 Å². The van der Waals surface area contributed by atoms with Crippen LogP contribution in [0.3, 0.4) is 0 Å². The number of anilines is 1. The fraction of sp³-hybridized carbons (Fsp3) is 0.0952. The molecule has 4 aromatic rings. The lowest BCUT2D eigenvalue weighted by Gasteiger charge is -2.10. The number of rotatable bonds is 3. The number of hydrogen-bond acceptors (Lipinski definition) is 3. The molecule has 1 N–H and O–H groups in total. The van der Waals surface area contributed by atoms with Gasteiger partial charge in [0, 0.05) is 11.6 Å². The summed E-state index contributed by atoms with van der Waals surface area (Å²) in [4.78, 5) is 17.1. The van der Waals surface area contributed by atoms with Crippen LogP contribution in [-0.2, 0) is 6.18 Å². The Bertz CT molecular complexity index is 1210. The number of amides is 1. The highest BCUT2D eigenvalue weighted by Crippen LogP contribution is 2.30. The number of pyridine rings is 1. The number of carbonyl (C=O) groups is 1. The minimum absolute atomic E-state index is 0.225. The van der Waals surface area contributed by atoms with E-state index in [0.717, 1.165) is 17.5 Å². The number of nitrogens with zero attached hydrogens (tertiary/aromatic N) is 3. The van der Waals surface area contributed by atoms with Gasteiger partial charge in [-0.3, -0.25) is 9.78 Å². The normalized spacial score (nSPS) is 11.6. The van der Waals surface area contributed by atoms with E-state index in [-0.39, 0.29) is 11.3 Å². The van der Waals surface area contributed by atoms with Crippen LogP contribution in [0, 0.1) is 6.92 Å². The third-order valence-corrected chi connectivity index (χ3v) is 4.55. The molecule has 0 saturated heterocycles. The lowest BCUT2D eigenvalue weighted by Crippen LogP contribution is -2.13. The van der Waals surface area contributed by atoms with Gasteiger partial charge in [0.1, 0.15) is 0 Å². The van der Waals surface area contributed by atoms with Gasteiger partial charge in [0.2, 0.25) is 0 Å². The fourth-order valence-electron chi connectivity index (χ4n) is 3.10. The Balaban J connectivity index is 1.66.